The van der Waals surface area contributed by atoms with E-state index in [1.807, 2.05) is 12.1 Å². The average Bonchev–Trinajstić information content (AvgIpc) is 2.65. The Morgan fingerprint density at radius 1 is 1.12 bits per heavy atom. The van der Waals surface area contributed by atoms with E-state index in [1.165, 1.54) is 18.2 Å². The maximum Gasteiger partial charge on any atom is 0.214 e. The lowest BCUT2D eigenvalue weighted by Crippen LogP contribution is -2.01. The van der Waals surface area contributed by atoms with E-state index in [9.17, 15) is 8.78 Å². The van der Waals surface area contributed by atoms with E-state index in [-0.39, 0.29) is 18.0 Å². The number of hydrogen-bond donors (Lipinski definition) is 0. The molecule has 1 heterocycles. The Morgan fingerprint density at radius 3 is 2.62 bits per heavy atom. The minimum Gasteiger partial charge on any atom is -0.473 e. The number of nitrogens with zero attached hydrogens (tertiary/aromatic N) is 2. The molecule has 0 aliphatic carbocycles. The molecule has 0 atom stereocenters. The summed E-state index contributed by atoms with van der Waals surface area (Å²) in [5.74, 6) is -0.578. The zero-order valence-electron chi connectivity index (χ0n) is 13.8. The molecule has 0 amide bonds. The molecule has 0 aliphatic rings. The number of pyridine rings is 1. The molecule has 0 saturated carbocycles. The topological polar surface area (TPSA) is 45.9 Å². The number of benzene rings is 2. The number of rotatable bonds is 4. The van der Waals surface area contributed by atoms with E-state index in [4.69, 9.17) is 10.00 Å². The lowest BCUT2D eigenvalue weighted by molar-refractivity contribution is 0.288. The fourth-order valence-electron chi connectivity index (χ4n) is 2.42. The number of ether oxygens (including phenoxy) is 1. The molecule has 0 N–H and O–H groups in total. The Labute approximate surface area is 158 Å². The number of aromatic nitrogens is 1. The summed E-state index contributed by atoms with van der Waals surface area (Å²) in [5.41, 5.74) is 2.50. The molecule has 3 nitrogen and oxygen atoms in total. The highest BCUT2D eigenvalue weighted by molar-refractivity contribution is 9.10. The SMILES string of the molecule is Cc1cc(-c2cccc(OCc3ccc(C#N)cc3F)n2)cc(F)c1Br. The summed E-state index contributed by atoms with van der Waals surface area (Å²) in [7, 11) is 0. The number of nitriles is 1. The highest BCUT2D eigenvalue weighted by atomic mass is 79.9. The van der Waals surface area contributed by atoms with Crippen LogP contribution in [0.2, 0.25) is 0 Å². The van der Waals surface area contributed by atoms with Crippen molar-refractivity contribution < 1.29 is 13.5 Å². The molecule has 26 heavy (non-hydrogen) atoms. The van der Waals surface area contributed by atoms with Crippen molar-refractivity contribution in [2.24, 2.45) is 0 Å². The summed E-state index contributed by atoms with van der Waals surface area (Å²) in [6.45, 7) is 1.77. The summed E-state index contributed by atoms with van der Waals surface area (Å²) in [6, 6.07) is 14.4. The van der Waals surface area contributed by atoms with Crippen LogP contribution < -0.4 is 4.74 Å². The minimum atomic E-state index is -0.509. The first-order chi connectivity index (χ1) is 12.5. The van der Waals surface area contributed by atoms with Crippen molar-refractivity contribution in [1.82, 2.24) is 4.98 Å². The summed E-state index contributed by atoms with van der Waals surface area (Å²) in [4.78, 5) is 4.35. The molecule has 130 valence electrons. The van der Waals surface area contributed by atoms with Gasteiger partial charge in [-0.1, -0.05) is 12.1 Å². The van der Waals surface area contributed by atoms with Gasteiger partial charge in [-0.15, -0.1) is 0 Å². The van der Waals surface area contributed by atoms with Gasteiger partial charge >= 0.3 is 0 Å². The third kappa shape index (κ3) is 3.89. The molecule has 0 radical (unpaired) electrons. The lowest BCUT2D eigenvalue weighted by Gasteiger charge is -2.09. The van der Waals surface area contributed by atoms with Crippen LogP contribution in [0.25, 0.3) is 11.3 Å². The molecule has 0 spiro atoms. The van der Waals surface area contributed by atoms with E-state index in [0.717, 1.165) is 11.6 Å². The van der Waals surface area contributed by atoms with Gasteiger partial charge in [-0.2, -0.15) is 5.26 Å². The average molecular weight is 415 g/mol. The first kappa shape index (κ1) is 18.0. The number of halogens is 3. The molecule has 6 heteroatoms. The summed E-state index contributed by atoms with van der Waals surface area (Å²) in [6.07, 6.45) is 0. The Bertz CT molecular complexity index is 992. The van der Waals surface area contributed by atoms with Crippen molar-refractivity contribution in [2.75, 3.05) is 0 Å². The van der Waals surface area contributed by atoms with Gasteiger partial charge in [-0.05, 0) is 58.7 Å². The van der Waals surface area contributed by atoms with Crippen LogP contribution in [0.1, 0.15) is 16.7 Å². The highest BCUT2D eigenvalue weighted by Gasteiger charge is 2.10. The maximum atomic E-state index is 13.9. The molecule has 0 saturated heterocycles. The second-order valence-electron chi connectivity index (χ2n) is 5.66. The number of aryl methyl sites for hydroxylation is 1. The van der Waals surface area contributed by atoms with Crippen molar-refractivity contribution in [3.05, 3.63) is 81.3 Å². The van der Waals surface area contributed by atoms with Crippen molar-refractivity contribution in [2.45, 2.75) is 13.5 Å². The van der Waals surface area contributed by atoms with Crippen LogP contribution in [0.4, 0.5) is 8.78 Å². The van der Waals surface area contributed by atoms with Gasteiger partial charge in [-0.25, -0.2) is 13.8 Å². The molecule has 3 rings (SSSR count). The third-order valence-corrected chi connectivity index (χ3v) is 4.79. The number of hydrogen-bond acceptors (Lipinski definition) is 3. The van der Waals surface area contributed by atoms with Crippen LogP contribution in [-0.2, 0) is 6.61 Å². The van der Waals surface area contributed by atoms with Crippen molar-refractivity contribution in [3.63, 3.8) is 0 Å². The van der Waals surface area contributed by atoms with Crippen LogP contribution in [0.15, 0.2) is 53.0 Å². The second-order valence-corrected chi connectivity index (χ2v) is 6.45. The second kappa shape index (κ2) is 7.63. The fourth-order valence-corrected chi connectivity index (χ4v) is 2.64. The van der Waals surface area contributed by atoms with Crippen molar-refractivity contribution in [3.8, 4) is 23.2 Å². The van der Waals surface area contributed by atoms with Crippen LogP contribution in [0.3, 0.4) is 0 Å². The van der Waals surface area contributed by atoms with Gasteiger partial charge in [0.05, 0.1) is 21.8 Å². The highest BCUT2D eigenvalue weighted by Crippen LogP contribution is 2.28. The largest absolute Gasteiger partial charge is 0.473 e. The van der Waals surface area contributed by atoms with Gasteiger partial charge in [-0.3, -0.25) is 0 Å². The van der Waals surface area contributed by atoms with Gasteiger partial charge in [0.1, 0.15) is 18.2 Å². The molecule has 0 fully saturated rings. The Morgan fingerprint density at radius 2 is 1.92 bits per heavy atom. The van der Waals surface area contributed by atoms with E-state index in [0.29, 0.717) is 27.2 Å². The van der Waals surface area contributed by atoms with Gasteiger partial charge in [0.2, 0.25) is 5.88 Å². The molecule has 1 aromatic heterocycles. The predicted octanol–water partition coefficient (Wildman–Crippen LogP) is 5.55. The van der Waals surface area contributed by atoms with Gasteiger partial charge in [0, 0.05) is 17.2 Å². The van der Waals surface area contributed by atoms with Crippen molar-refractivity contribution in [1.29, 1.82) is 5.26 Å². The van der Waals surface area contributed by atoms with Crippen LogP contribution in [-0.4, -0.2) is 4.98 Å². The van der Waals surface area contributed by atoms with Crippen LogP contribution in [0.5, 0.6) is 5.88 Å². The Hall–Kier alpha value is -2.78. The smallest absolute Gasteiger partial charge is 0.214 e. The molecule has 0 aliphatic heterocycles. The van der Waals surface area contributed by atoms with Gasteiger partial charge in [0.25, 0.3) is 0 Å². The zero-order chi connectivity index (χ0) is 18.7. The summed E-state index contributed by atoms with van der Waals surface area (Å²) >= 11 is 3.19. The summed E-state index contributed by atoms with van der Waals surface area (Å²) in [5, 5.41) is 8.77. The normalized spacial score (nSPS) is 10.4. The molecule has 3 aromatic rings. The third-order valence-electron chi connectivity index (χ3n) is 3.79. The standard InChI is InChI=1S/C20H13BrF2N2O/c1-12-7-15(9-17(23)20(12)21)18-3-2-4-19(25-18)26-11-14-6-5-13(10-24)8-16(14)22/h2-9H,11H2,1H3. The Balaban J connectivity index is 1.81. The molecule has 0 unspecified atom stereocenters. The van der Waals surface area contributed by atoms with Gasteiger partial charge < -0.3 is 4.74 Å². The monoisotopic (exact) mass is 414 g/mol. The quantitative estimate of drug-likeness (QED) is 0.562. The zero-order valence-corrected chi connectivity index (χ0v) is 15.3. The molecule has 2 aromatic carbocycles. The van der Waals surface area contributed by atoms with E-state index < -0.39 is 5.82 Å². The van der Waals surface area contributed by atoms with Gasteiger partial charge in [0.15, 0.2) is 0 Å². The van der Waals surface area contributed by atoms with E-state index in [2.05, 4.69) is 20.9 Å². The first-order valence-electron chi connectivity index (χ1n) is 7.72. The van der Waals surface area contributed by atoms with Crippen LogP contribution in [0, 0.1) is 29.9 Å². The first-order valence-corrected chi connectivity index (χ1v) is 8.51. The van der Waals surface area contributed by atoms with E-state index >= 15 is 0 Å². The molecule has 0 bridgehead atoms. The summed E-state index contributed by atoms with van der Waals surface area (Å²) < 4.78 is 33.8. The van der Waals surface area contributed by atoms with E-state index in [1.54, 1.807) is 25.1 Å². The fraction of sp³-hybridized carbons (Fsp3) is 0.100. The van der Waals surface area contributed by atoms with Crippen LogP contribution >= 0.6 is 15.9 Å². The lowest BCUT2D eigenvalue weighted by atomic mass is 10.1. The Kier molecular flexibility index (Phi) is 5.29. The minimum absolute atomic E-state index is 0.0261. The predicted molar refractivity (Wildman–Crippen MR) is 97.5 cm³/mol. The molecular formula is C20H13BrF2N2O. The maximum absolute atomic E-state index is 13.9. The van der Waals surface area contributed by atoms with Crippen molar-refractivity contribution >= 4 is 15.9 Å². The molecular weight excluding hydrogens is 402 g/mol.